The van der Waals surface area contributed by atoms with Crippen molar-refractivity contribution >= 4 is 26.9 Å². The number of aromatic amines is 1. The number of nitrogens with one attached hydrogen (secondary N) is 1. The molecule has 1 rings (SSSR count). The van der Waals surface area contributed by atoms with Crippen molar-refractivity contribution in [1.29, 1.82) is 0 Å². The molecule has 0 spiro atoms. The van der Waals surface area contributed by atoms with E-state index in [-0.39, 0.29) is 0 Å². The van der Waals surface area contributed by atoms with Crippen LogP contribution in [0.3, 0.4) is 0 Å². The summed E-state index contributed by atoms with van der Waals surface area (Å²) >= 11 is 0. The Labute approximate surface area is 82.8 Å². The van der Waals surface area contributed by atoms with Crippen LogP contribution in [0.15, 0.2) is 6.20 Å². The van der Waals surface area contributed by atoms with Crippen LogP contribution >= 0.6 is 0 Å². The van der Waals surface area contributed by atoms with E-state index in [4.69, 9.17) is 0 Å². The molecule has 13 heavy (non-hydrogen) atoms. The average Bonchev–Trinajstić information content (AvgIpc) is 2.28. The molecule has 0 aliphatic carbocycles. The summed E-state index contributed by atoms with van der Waals surface area (Å²) in [6.07, 6.45) is 2.04. The molecule has 4 heteroatoms. The average molecular weight is 212 g/mol. The fourth-order valence-electron chi connectivity index (χ4n) is 1.08. The van der Waals surface area contributed by atoms with Gasteiger partial charge >= 0.3 is 0 Å². The Morgan fingerprint density at radius 2 is 1.54 bits per heavy atom. The summed E-state index contributed by atoms with van der Waals surface area (Å²) < 4.78 is 0. The molecular weight excluding hydrogens is 192 g/mol. The smallest absolute Gasteiger partial charge is 0.123 e. The molecule has 0 amide bonds. The van der Waals surface area contributed by atoms with Crippen molar-refractivity contribution in [2.75, 3.05) is 0 Å². The van der Waals surface area contributed by atoms with Gasteiger partial charge in [-0.25, -0.2) is 4.98 Å². The molecule has 1 aromatic heterocycles. The number of hydrogen-bond acceptors (Lipinski definition) is 1. The second-order valence-corrected chi connectivity index (χ2v) is 15.7. The second-order valence-electron chi connectivity index (χ2n) is 5.65. The highest BCUT2D eigenvalue weighted by molar-refractivity contribution is 6.90. The molecule has 0 aliphatic rings. The molecule has 0 bridgehead atoms. The summed E-state index contributed by atoms with van der Waals surface area (Å²) in [5.74, 6) is 0. The van der Waals surface area contributed by atoms with Crippen LogP contribution in [0, 0.1) is 0 Å². The van der Waals surface area contributed by atoms with Crippen molar-refractivity contribution in [3.63, 3.8) is 0 Å². The van der Waals surface area contributed by atoms with Gasteiger partial charge in [-0.05, 0) is 0 Å². The van der Waals surface area contributed by atoms with Crippen LogP contribution in [0.2, 0.25) is 39.3 Å². The standard InChI is InChI=1S/C9H20N2Si2/c1-12(2,3)8-7-10-9(11-8)13(4,5)6/h7H,1-6H3,(H,10,11). The third-order valence-electron chi connectivity index (χ3n) is 2.09. The zero-order valence-corrected chi connectivity index (χ0v) is 11.5. The van der Waals surface area contributed by atoms with Gasteiger partial charge in [0.1, 0.15) is 16.1 Å². The number of rotatable bonds is 2. The Kier molecular flexibility index (Phi) is 2.55. The summed E-state index contributed by atoms with van der Waals surface area (Å²) in [6.45, 7) is 14.0. The van der Waals surface area contributed by atoms with E-state index >= 15 is 0 Å². The lowest BCUT2D eigenvalue weighted by Gasteiger charge is -2.15. The first-order chi connectivity index (χ1) is 5.71. The van der Waals surface area contributed by atoms with Crippen LogP contribution in [0.1, 0.15) is 0 Å². The van der Waals surface area contributed by atoms with E-state index in [0.29, 0.717) is 0 Å². The predicted molar refractivity (Wildman–Crippen MR) is 64.5 cm³/mol. The minimum absolute atomic E-state index is 1.19. The van der Waals surface area contributed by atoms with Gasteiger partial charge in [0.2, 0.25) is 0 Å². The van der Waals surface area contributed by atoms with Gasteiger partial charge in [-0.1, -0.05) is 39.3 Å². The lowest BCUT2D eigenvalue weighted by atomic mass is 10.9. The normalized spacial score (nSPS) is 13.4. The molecule has 74 valence electrons. The number of aromatic nitrogens is 2. The first-order valence-electron chi connectivity index (χ1n) is 4.77. The fourth-order valence-corrected chi connectivity index (χ4v) is 3.12. The summed E-state index contributed by atoms with van der Waals surface area (Å²) in [7, 11) is -2.42. The summed E-state index contributed by atoms with van der Waals surface area (Å²) in [5.41, 5.74) is 1.24. The molecule has 2 nitrogen and oxygen atoms in total. The Hall–Kier alpha value is -0.356. The Morgan fingerprint density at radius 1 is 1.00 bits per heavy atom. The molecule has 0 aromatic carbocycles. The summed E-state index contributed by atoms with van der Waals surface area (Å²) in [4.78, 5) is 8.00. The van der Waals surface area contributed by atoms with E-state index in [0.717, 1.165) is 0 Å². The maximum absolute atomic E-state index is 4.49. The van der Waals surface area contributed by atoms with Crippen LogP contribution in [-0.2, 0) is 0 Å². The molecule has 0 aliphatic heterocycles. The SMILES string of the molecule is C[Si](C)(C)c1cnc([Si](C)(C)C)[nH]1. The molecule has 1 heterocycles. The first-order valence-corrected chi connectivity index (χ1v) is 11.8. The number of nitrogens with zero attached hydrogens (tertiary/aromatic N) is 1. The van der Waals surface area contributed by atoms with Crippen molar-refractivity contribution < 1.29 is 0 Å². The van der Waals surface area contributed by atoms with Crippen LogP contribution in [0.4, 0.5) is 0 Å². The zero-order valence-electron chi connectivity index (χ0n) is 9.52. The minimum atomic E-state index is -1.24. The van der Waals surface area contributed by atoms with Gasteiger partial charge in [0.05, 0.1) is 5.45 Å². The third-order valence-corrected chi connectivity index (χ3v) is 5.64. The summed E-state index contributed by atoms with van der Waals surface area (Å²) in [5, 5.41) is 1.38. The van der Waals surface area contributed by atoms with E-state index in [1.165, 1.54) is 10.8 Å². The van der Waals surface area contributed by atoms with Crippen LogP contribution in [-0.4, -0.2) is 26.1 Å². The topological polar surface area (TPSA) is 28.7 Å². The molecule has 0 saturated carbocycles. The van der Waals surface area contributed by atoms with Gasteiger partial charge in [-0.2, -0.15) is 0 Å². The monoisotopic (exact) mass is 212 g/mol. The molecule has 0 radical (unpaired) electrons. The summed E-state index contributed by atoms with van der Waals surface area (Å²) in [6, 6.07) is 0. The van der Waals surface area contributed by atoms with Crippen molar-refractivity contribution in [3.8, 4) is 0 Å². The number of imidazole rings is 1. The van der Waals surface area contributed by atoms with Crippen LogP contribution in [0.25, 0.3) is 0 Å². The van der Waals surface area contributed by atoms with E-state index < -0.39 is 16.1 Å². The van der Waals surface area contributed by atoms with Crippen molar-refractivity contribution in [3.05, 3.63) is 6.20 Å². The molecule has 0 unspecified atom stereocenters. The molecule has 1 N–H and O–H groups in total. The lowest BCUT2D eigenvalue weighted by Crippen LogP contribution is -2.45. The molecular formula is C9H20N2Si2. The third kappa shape index (κ3) is 2.54. The number of H-pyrrole nitrogens is 1. The predicted octanol–water partition coefficient (Wildman–Crippen LogP) is 1.50. The quantitative estimate of drug-likeness (QED) is 0.740. The fraction of sp³-hybridized carbons (Fsp3) is 0.667. The Morgan fingerprint density at radius 3 is 1.77 bits per heavy atom. The van der Waals surface area contributed by atoms with Gasteiger partial charge < -0.3 is 4.98 Å². The Balaban J connectivity index is 3.01. The second kappa shape index (κ2) is 3.10. The lowest BCUT2D eigenvalue weighted by molar-refractivity contribution is 1.37. The first kappa shape index (κ1) is 10.7. The van der Waals surface area contributed by atoms with Gasteiger partial charge in [0.15, 0.2) is 0 Å². The van der Waals surface area contributed by atoms with Gasteiger partial charge in [-0.15, -0.1) is 0 Å². The highest BCUT2D eigenvalue weighted by atomic mass is 28.3. The van der Waals surface area contributed by atoms with Gasteiger partial charge in [-0.3, -0.25) is 0 Å². The van der Waals surface area contributed by atoms with Gasteiger partial charge in [0, 0.05) is 11.5 Å². The van der Waals surface area contributed by atoms with E-state index in [9.17, 15) is 0 Å². The number of hydrogen-bond donors (Lipinski definition) is 1. The van der Waals surface area contributed by atoms with Crippen molar-refractivity contribution in [1.82, 2.24) is 9.97 Å². The zero-order chi connectivity index (χ0) is 10.3. The largest absolute Gasteiger partial charge is 0.354 e. The van der Waals surface area contributed by atoms with Gasteiger partial charge in [0.25, 0.3) is 0 Å². The highest BCUT2D eigenvalue weighted by Crippen LogP contribution is 2.01. The maximum Gasteiger partial charge on any atom is 0.123 e. The molecule has 0 atom stereocenters. The van der Waals surface area contributed by atoms with E-state index in [1.54, 1.807) is 0 Å². The van der Waals surface area contributed by atoms with E-state index in [1.807, 2.05) is 6.20 Å². The minimum Gasteiger partial charge on any atom is -0.354 e. The van der Waals surface area contributed by atoms with E-state index in [2.05, 4.69) is 49.3 Å². The van der Waals surface area contributed by atoms with Crippen molar-refractivity contribution in [2.24, 2.45) is 0 Å². The Bertz CT molecular complexity index is 263. The highest BCUT2D eigenvalue weighted by Gasteiger charge is 2.24. The molecule has 0 fully saturated rings. The molecule has 1 aromatic rings. The van der Waals surface area contributed by atoms with Crippen LogP contribution in [0.5, 0.6) is 0 Å². The molecule has 0 saturated heterocycles. The van der Waals surface area contributed by atoms with Crippen LogP contribution < -0.4 is 10.8 Å². The maximum atomic E-state index is 4.49. The van der Waals surface area contributed by atoms with Crippen molar-refractivity contribution in [2.45, 2.75) is 39.3 Å².